The van der Waals surface area contributed by atoms with Crippen molar-refractivity contribution in [3.05, 3.63) is 84.4 Å². The van der Waals surface area contributed by atoms with Crippen molar-refractivity contribution < 1.29 is 39.2 Å². The summed E-state index contributed by atoms with van der Waals surface area (Å²) >= 11 is 6.00. The van der Waals surface area contributed by atoms with Crippen molar-refractivity contribution >= 4 is 69.0 Å². The van der Waals surface area contributed by atoms with Gasteiger partial charge in [0.1, 0.15) is 54.8 Å². The third-order valence-corrected chi connectivity index (χ3v) is 12.4. The molecule has 374 valence electrons. The van der Waals surface area contributed by atoms with E-state index in [1.165, 1.54) is 35.4 Å². The summed E-state index contributed by atoms with van der Waals surface area (Å²) < 4.78 is 15.8. The van der Waals surface area contributed by atoms with E-state index in [1.54, 1.807) is 28.8 Å². The molecule has 8 atom stereocenters. The maximum Gasteiger partial charge on any atom is 0.319 e. The standard InChI is InChI=1S/C45H59ClN16O8/c1-25(2)26-10-12-28(13-11-26)56-44(66)48-14-7-17-60(4)20-31-37(36(65)43(69-31)61-23-54-32-38(47)50-21-52-40(32)61)70-58-39-33-41(53-22-51-39)62(24-55-33)42-35(64)34(63)30(68-42)19-59(3)16-6-15-49-45(67)57-29-9-5-8-27(46)18-29/h5,8-13,18,21-25,30-31,34-37,42-43,63-65H,6-7,14-17,19-20H2,1-4H3,(H2,47,50,52)(H2,48,56,66)(H2,49,57,67)(H,51,53,58)/t30-,31-,34-,35-,36-,37-,42-,43-/m1/s1. The van der Waals surface area contributed by atoms with Gasteiger partial charge in [-0.05, 0) is 81.8 Å². The molecule has 2 saturated heterocycles. The van der Waals surface area contributed by atoms with Crippen LogP contribution in [-0.2, 0) is 14.3 Å². The van der Waals surface area contributed by atoms with Crippen LogP contribution in [-0.4, -0.2) is 166 Å². The smallest absolute Gasteiger partial charge is 0.319 e. The van der Waals surface area contributed by atoms with Crippen LogP contribution in [0.3, 0.4) is 0 Å². The average Bonchev–Trinajstić information content (AvgIpc) is 4.10. The van der Waals surface area contributed by atoms with Crippen molar-refractivity contribution in [3.8, 4) is 0 Å². The summed E-state index contributed by atoms with van der Waals surface area (Å²) in [6.45, 7) is 6.75. The maximum atomic E-state index is 12.6. The lowest BCUT2D eigenvalue weighted by atomic mass is 10.0. The van der Waals surface area contributed by atoms with Gasteiger partial charge in [-0.2, -0.15) is 0 Å². The molecule has 70 heavy (non-hydrogen) atoms. The first-order valence-corrected chi connectivity index (χ1v) is 23.3. The van der Waals surface area contributed by atoms with Crippen LogP contribution in [0.25, 0.3) is 22.3 Å². The normalized spacial score (nSPS) is 22.4. The predicted molar refractivity (Wildman–Crippen MR) is 260 cm³/mol. The van der Waals surface area contributed by atoms with Gasteiger partial charge in [0.25, 0.3) is 0 Å². The second kappa shape index (κ2) is 22.6. The zero-order valence-electron chi connectivity index (χ0n) is 39.1. The quantitative estimate of drug-likeness (QED) is 0.0392. The number of halogens is 1. The van der Waals surface area contributed by atoms with Crippen molar-refractivity contribution in [2.45, 2.75) is 81.7 Å². The number of nitrogens with two attached hydrogens (primary N) is 1. The van der Waals surface area contributed by atoms with Crippen molar-refractivity contribution in [2.75, 3.05) is 75.2 Å². The van der Waals surface area contributed by atoms with E-state index in [9.17, 15) is 24.9 Å². The number of aliphatic hydroxyl groups is 3. The van der Waals surface area contributed by atoms with Gasteiger partial charge in [0.2, 0.25) is 0 Å². The van der Waals surface area contributed by atoms with Gasteiger partial charge in [-0.25, -0.2) is 45.0 Å². The monoisotopic (exact) mass is 986 g/mol. The highest BCUT2D eigenvalue weighted by Crippen LogP contribution is 2.36. The Morgan fingerprint density at radius 2 is 1.34 bits per heavy atom. The minimum absolute atomic E-state index is 0.152. The number of rotatable bonds is 20. The highest BCUT2D eigenvalue weighted by molar-refractivity contribution is 6.30. The summed E-state index contributed by atoms with van der Waals surface area (Å²) in [6, 6.07) is 13.9. The molecule has 0 radical (unpaired) electrons. The zero-order valence-corrected chi connectivity index (χ0v) is 39.8. The van der Waals surface area contributed by atoms with Crippen LogP contribution in [0.4, 0.5) is 32.6 Å². The van der Waals surface area contributed by atoms with Crippen LogP contribution >= 0.6 is 11.6 Å². The summed E-state index contributed by atoms with van der Waals surface area (Å²) in [7, 11) is 3.75. The Balaban J connectivity index is 0.873. The number of anilines is 4. The Kier molecular flexibility index (Phi) is 16.2. The molecular formula is C45H59ClN16O8. The van der Waals surface area contributed by atoms with E-state index in [4.69, 9.17) is 31.6 Å². The first-order chi connectivity index (χ1) is 33.7. The SMILES string of the molecule is CC(C)c1ccc(NC(=O)NCCCN(C)C[C@H]2O[C@@H](n3cnc4c(N)ncnc43)[C@H](O)[C@@H]2ONc2ncnc3c2ncn3[C@@H]2O[C@H](CN(C)CCCNC(=O)Nc3cccc(Cl)c3)[C@@H](O)[C@H]2O)cc1. The van der Waals surface area contributed by atoms with Crippen molar-refractivity contribution in [1.29, 1.82) is 0 Å². The van der Waals surface area contributed by atoms with Crippen LogP contribution in [0.5, 0.6) is 0 Å². The molecule has 0 saturated carbocycles. The topological polar surface area (TPSA) is 302 Å². The zero-order chi connectivity index (χ0) is 49.5. The number of nitrogens with one attached hydrogen (secondary N) is 5. The van der Waals surface area contributed by atoms with Gasteiger partial charge < -0.3 is 61.6 Å². The number of benzene rings is 2. The molecular weight excluding hydrogens is 928 g/mol. The van der Waals surface area contributed by atoms with Gasteiger partial charge in [0, 0.05) is 42.6 Å². The van der Waals surface area contributed by atoms with Crippen molar-refractivity contribution in [1.82, 2.24) is 59.5 Å². The number of carbonyl (C=O) groups excluding carboxylic acids is 2. The van der Waals surface area contributed by atoms with Crippen LogP contribution in [0.15, 0.2) is 73.8 Å². The number of fused-ring (bicyclic) bond motifs is 2. The largest absolute Gasteiger partial charge is 0.387 e. The number of nitrogens with zero attached hydrogens (tertiary/aromatic N) is 10. The third-order valence-electron chi connectivity index (χ3n) is 12.1. The highest BCUT2D eigenvalue weighted by Gasteiger charge is 2.48. The van der Waals surface area contributed by atoms with E-state index >= 15 is 0 Å². The molecule has 2 aliphatic rings. The molecule has 2 aromatic carbocycles. The van der Waals surface area contributed by atoms with Crippen molar-refractivity contribution in [3.63, 3.8) is 0 Å². The number of imidazole rings is 2. The molecule has 4 amide bonds. The Hall–Kier alpha value is -6.35. The minimum atomic E-state index is -1.32. The number of ether oxygens (including phenoxy) is 2. The third kappa shape index (κ3) is 11.8. The first kappa shape index (κ1) is 50.1. The fourth-order valence-electron chi connectivity index (χ4n) is 8.41. The second-order valence-corrected chi connectivity index (χ2v) is 18.1. The Morgan fingerprint density at radius 3 is 2.00 bits per heavy atom. The lowest BCUT2D eigenvalue weighted by Crippen LogP contribution is -2.42. The van der Waals surface area contributed by atoms with E-state index in [0.29, 0.717) is 79.0 Å². The molecule has 6 heterocycles. The predicted octanol–water partition coefficient (Wildman–Crippen LogP) is 2.90. The summed E-state index contributed by atoms with van der Waals surface area (Å²) in [4.78, 5) is 61.1. The van der Waals surface area contributed by atoms with Gasteiger partial charge in [0.05, 0.1) is 12.7 Å². The number of hydrogen-bond donors (Lipinski definition) is 9. The van der Waals surface area contributed by atoms with Crippen LogP contribution in [0, 0.1) is 0 Å². The molecule has 24 nitrogen and oxygen atoms in total. The second-order valence-electron chi connectivity index (χ2n) is 17.7. The van der Waals surface area contributed by atoms with Gasteiger partial charge in [0.15, 0.2) is 40.9 Å². The molecule has 2 fully saturated rings. The van der Waals surface area contributed by atoms with Gasteiger partial charge in [-0.1, -0.05) is 43.6 Å². The Labute approximate surface area is 407 Å². The first-order valence-electron chi connectivity index (χ1n) is 22.9. The molecule has 10 N–H and O–H groups in total. The minimum Gasteiger partial charge on any atom is -0.387 e. The number of nitrogen functional groups attached to an aromatic ring is 1. The van der Waals surface area contributed by atoms with Crippen LogP contribution < -0.4 is 32.5 Å². The van der Waals surface area contributed by atoms with E-state index in [0.717, 1.165) is 0 Å². The van der Waals surface area contributed by atoms with E-state index < -0.39 is 49.1 Å². The molecule has 2 aliphatic heterocycles. The van der Waals surface area contributed by atoms with Crippen molar-refractivity contribution in [2.24, 2.45) is 0 Å². The van der Waals surface area contributed by atoms with Gasteiger partial charge in [-0.15, -0.1) is 0 Å². The van der Waals surface area contributed by atoms with E-state index in [-0.39, 0.29) is 41.4 Å². The van der Waals surface area contributed by atoms with Crippen LogP contribution in [0.2, 0.25) is 5.02 Å². The lowest BCUT2D eigenvalue weighted by molar-refractivity contribution is -0.0432. The number of aliphatic hydroxyl groups excluding tert-OH is 3. The van der Waals surface area contributed by atoms with Gasteiger partial charge >= 0.3 is 12.1 Å². The fraction of sp³-hybridized carbons (Fsp3) is 0.467. The molecule has 0 aliphatic carbocycles. The summed E-state index contributed by atoms with van der Waals surface area (Å²) in [6.07, 6.45) is -1.61. The Morgan fingerprint density at radius 1 is 0.757 bits per heavy atom. The summed E-state index contributed by atoms with van der Waals surface area (Å²) in [5.74, 6) is 0.715. The summed E-state index contributed by atoms with van der Waals surface area (Å²) in [5.41, 5.74) is 12.7. The van der Waals surface area contributed by atoms with E-state index in [1.807, 2.05) is 48.2 Å². The molecule has 6 aromatic rings. The molecule has 0 spiro atoms. The number of hydrogen-bond acceptors (Lipinski definition) is 18. The number of aromatic nitrogens is 8. The van der Waals surface area contributed by atoms with Crippen LogP contribution in [0.1, 0.15) is 50.6 Å². The number of amides is 4. The lowest BCUT2D eigenvalue weighted by Gasteiger charge is -2.25. The average molecular weight is 988 g/mol. The van der Waals surface area contributed by atoms with Gasteiger partial charge in [-0.3, -0.25) is 14.0 Å². The molecule has 0 bridgehead atoms. The molecule has 25 heteroatoms. The highest BCUT2D eigenvalue weighted by atomic mass is 35.5. The maximum absolute atomic E-state index is 12.6. The number of carbonyl (C=O) groups is 2. The van der Waals surface area contributed by atoms with E-state index in [2.05, 4.69) is 70.5 Å². The molecule has 0 unspecified atom stereocenters. The Bertz CT molecular complexity index is 2710. The number of urea groups is 2. The molecule has 8 rings (SSSR count). The number of likely N-dealkylation sites (N-methyl/N-ethyl adjacent to an activating group) is 2. The summed E-state index contributed by atoms with van der Waals surface area (Å²) in [5, 5.41) is 46.0. The molecule has 4 aromatic heterocycles. The fourth-order valence-corrected chi connectivity index (χ4v) is 8.60.